The van der Waals surface area contributed by atoms with Crippen LogP contribution in [0.4, 0.5) is 13.2 Å². The molecule has 2 aliphatic rings. The maximum absolute atomic E-state index is 12.8. The summed E-state index contributed by atoms with van der Waals surface area (Å²) in [6, 6.07) is -0.0842. The molecule has 3 unspecified atom stereocenters. The van der Waals surface area contributed by atoms with Crippen LogP contribution in [0.3, 0.4) is 0 Å². The first kappa shape index (κ1) is 17.6. The van der Waals surface area contributed by atoms with Gasteiger partial charge in [0.2, 0.25) is 5.91 Å². The molecule has 0 aliphatic heterocycles. The lowest BCUT2D eigenvalue weighted by Gasteiger charge is -2.34. The molecule has 0 heterocycles. The van der Waals surface area contributed by atoms with E-state index in [2.05, 4.69) is 5.32 Å². The van der Waals surface area contributed by atoms with Gasteiger partial charge in [-0.2, -0.15) is 13.2 Å². The van der Waals surface area contributed by atoms with Crippen molar-refractivity contribution in [1.82, 2.24) is 5.32 Å². The lowest BCUT2D eigenvalue weighted by atomic mass is 9.79. The van der Waals surface area contributed by atoms with Gasteiger partial charge >= 0.3 is 6.18 Å². The van der Waals surface area contributed by atoms with Crippen molar-refractivity contribution in [3.05, 3.63) is 0 Å². The van der Waals surface area contributed by atoms with E-state index in [4.69, 9.17) is 5.73 Å². The lowest BCUT2D eigenvalue weighted by molar-refractivity contribution is -0.186. The van der Waals surface area contributed by atoms with Crippen LogP contribution in [0, 0.1) is 17.8 Å². The summed E-state index contributed by atoms with van der Waals surface area (Å²) in [5, 5.41) is 2.95. The van der Waals surface area contributed by atoms with Crippen LogP contribution in [0.2, 0.25) is 0 Å². The van der Waals surface area contributed by atoms with Crippen LogP contribution in [0.25, 0.3) is 0 Å². The predicted molar refractivity (Wildman–Crippen MR) is 79.1 cm³/mol. The smallest absolute Gasteiger partial charge is 0.352 e. The summed E-state index contributed by atoms with van der Waals surface area (Å²) in [4.78, 5) is 12.3. The molecule has 3 atom stereocenters. The molecule has 6 heteroatoms. The Morgan fingerprint density at radius 2 is 1.77 bits per heavy atom. The zero-order valence-electron chi connectivity index (χ0n) is 13.0. The molecule has 2 saturated carbocycles. The van der Waals surface area contributed by atoms with Crippen molar-refractivity contribution in [2.75, 3.05) is 6.54 Å². The zero-order valence-corrected chi connectivity index (χ0v) is 13.0. The van der Waals surface area contributed by atoms with Crippen molar-refractivity contribution in [3.63, 3.8) is 0 Å². The molecule has 0 radical (unpaired) electrons. The highest BCUT2D eigenvalue weighted by Gasteiger charge is 2.43. The van der Waals surface area contributed by atoms with Gasteiger partial charge in [-0.1, -0.05) is 25.7 Å². The lowest BCUT2D eigenvalue weighted by Crippen LogP contribution is -2.49. The number of alkyl halides is 3. The summed E-state index contributed by atoms with van der Waals surface area (Å²) in [5.41, 5.74) is 5.78. The Morgan fingerprint density at radius 3 is 2.36 bits per heavy atom. The van der Waals surface area contributed by atoms with Gasteiger partial charge in [-0.25, -0.2) is 0 Å². The zero-order chi connectivity index (χ0) is 16.2. The molecule has 2 fully saturated rings. The summed E-state index contributed by atoms with van der Waals surface area (Å²) in [6.45, 7) is 0.367. The number of hydrogen-bond donors (Lipinski definition) is 2. The van der Waals surface area contributed by atoms with E-state index in [9.17, 15) is 18.0 Å². The molecule has 0 aromatic rings. The number of rotatable bonds is 4. The van der Waals surface area contributed by atoms with Crippen LogP contribution in [0.15, 0.2) is 0 Å². The highest BCUT2D eigenvalue weighted by atomic mass is 19.4. The normalized spacial score (nSPS) is 29.1. The first-order valence-electron chi connectivity index (χ1n) is 8.49. The van der Waals surface area contributed by atoms with Crippen molar-refractivity contribution in [1.29, 1.82) is 0 Å². The van der Waals surface area contributed by atoms with Crippen molar-refractivity contribution >= 4 is 5.91 Å². The van der Waals surface area contributed by atoms with Crippen LogP contribution in [-0.2, 0) is 4.79 Å². The monoisotopic (exact) mass is 320 g/mol. The molecule has 1 amide bonds. The average molecular weight is 320 g/mol. The van der Waals surface area contributed by atoms with Gasteiger partial charge in [-0.3, -0.25) is 4.79 Å². The number of carbonyl (C=O) groups excluding carboxylic acids is 1. The summed E-state index contributed by atoms with van der Waals surface area (Å²) in [7, 11) is 0. The van der Waals surface area contributed by atoms with Crippen molar-refractivity contribution in [2.24, 2.45) is 23.5 Å². The highest BCUT2D eigenvalue weighted by Crippen LogP contribution is 2.40. The molecule has 3 nitrogen and oxygen atoms in total. The van der Waals surface area contributed by atoms with Crippen molar-refractivity contribution in [3.8, 4) is 0 Å². The van der Waals surface area contributed by atoms with E-state index < -0.39 is 18.0 Å². The summed E-state index contributed by atoms with van der Waals surface area (Å²) in [5.74, 6) is -1.69. The summed E-state index contributed by atoms with van der Waals surface area (Å²) < 4.78 is 38.5. The molecule has 22 heavy (non-hydrogen) atoms. The quantitative estimate of drug-likeness (QED) is 0.834. The maximum Gasteiger partial charge on any atom is 0.391 e. The number of hydrogen-bond acceptors (Lipinski definition) is 2. The van der Waals surface area contributed by atoms with Gasteiger partial charge in [0.1, 0.15) is 0 Å². The SMILES string of the molecule is NCC(NC(=O)C1CCCC(C(F)(F)F)C1)C1CCCCC1. The van der Waals surface area contributed by atoms with Gasteiger partial charge < -0.3 is 11.1 Å². The van der Waals surface area contributed by atoms with E-state index >= 15 is 0 Å². The third-order valence-corrected chi connectivity index (χ3v) is 5.31. The maximum atomic E-state index is 12.8. The minimum atomic E-state index is -4.18. The van der Waals surface area contributed by atoms with Crippen LogP contribution in [0.5, 0.6) is 0 Å². The number of nitrogens with one attached hydrogen (secondary N) is 1. The van der Waals surface area contributed by atoms with Crippen LogP contribution >= 0.6 is 0 Å². The van der Waals surface area contributed by atoms with E-state index in [0.29, 0.717) is 25.3 Å². The van der Waals surface area contributed by atoms with E-state index in [-0.39, 0.29) is 24.8 Å². The summed E-state index contributed by atoms with van der Waals surface area (Å²) >= 11 is 0. The topological polar surface area (TPSA) is 55.1 Å². The largest absolute Gasteiger partial charge is 0.391 e. The first-order valence-corrected chi connectivity index (χ1v) is 8.49. The molecule has 2 rings (SSSR count). The molecule has 0 bridgehead atoms. The molecular formula is C16H27F3N2O. The second kappa shape index (κ2) is 7.66. The predicted octanol–water partition coefficient (Wildman–Crippen LogP) is 3.38. The standard InChI is InChI=1S/C16H27F3N2O/c17-16(18,19)13-8-4-7-12(9-13)15(22)21-14(10-20)11-5-2-1-3-6-11/h11-14H,1-10,20H2,(H,21,22). The minimum absolute atomic E-state index is 0.0721. The Labute approximate surface area is 130 Å². The Hall–Kier alpha value is -0.780. The third-order valence-electron chi connectivity index (χ3n) is 5.31. The van der Waals surface area contributed by atoms with Crippen molar-refractivity contribution < 1.29 is 18.0 Å². The number of nitrogens with two attached hydrogens (primary N) is 1. The van der Waals surface area contributed by atoms with E-state index in [1.54, 1.807) is 0 Å². The number of halogens is 3. The van der Waals surface area contributed by atoms with Gasteiger partial charge in [0.15, 0.2) is 0 Å². The minimum Gasteiger partial charge on any atom is -0.352 e. The van der Waals surface area contributed by atoms with Crippen molar-refractivity contribution in [2.45, 2.75) is 70.0 Å². The molecule has 0 spiro atoms. The molecule has 128 valence electrons. The van der Waals surface area contributed by atoms with Crippen LogP contribution in [0.1, 0.15) is 57.8 Å². The van der Waals surface area contributed by atoms with E-state index in [1.165, 1.54) is 6.42 Å². The average Bonchev–Trinajstić information content (AvgIpc) is 2.52. The van der Waals surface area contributed by atoms with Gasteiger partial charge in [0.05, 0.1) is 5.92 Å². The van der Waals surface area contributed by atoms with Gasteiger partial charge in [0.25, 0.3) is 0 Å². The second-order valence-electron chi connectivity index (χ2n) is 6.85. The fourth-order valence-electron chi connectivity index (χ4n) is 3.93. The van der Waals surface area contributed by atoms with Gasteiger partial charge in [0, 0.05) is 18.5 Å². The van der Waals surface area contributed by atoms with Gasteiger partial charge in [-0.15, -0.1) is 0 Å². The Kier molecular flexibility index (Phi) is 6.12. The Morgan fingerprint density at radius 1 is 1.09 bits per heavy atom. The Bertz CT molecular complexity index is 367. The second-order valence-corrected chi connectivity index (χ2v) is 6.85. The number of carbonyl (C=O) groups is 1. The highest BCUT2D eigenvalue weighted by molar-refractivity contribution is 5.79. The number of amides is 1. The molecule has 0 aromatic heterocycles. The molecule has 2 aliphatic carbocycles. The van der Waals surface area contributed by atoms with Crippen LogP contribution in [-0.4, -0.2) is 24.7 Å². The molecule has 0 saturated heterocycles. The van der Waals surface area contributed by atoms with Crippen LogP contribution < -0.4 is 11.1 Å². The molecular weight excluding hydrogens is 293 g/mol. The first-order chi connectivity index (χ1) is 10.4. The Balaban J connectivity index is 1.89. The van der Waals surface area contributed by atoms with Gasteiger partial charge in [-0.05, 0) is 38.0 Å². The van der Waals surface area contributed by atoms with E-state index in [1.807, 2.05) is 0 Å². The molecule has 3 N–H and O–H groups in total. The fraction of sp³-hybridized carbons (Fsp3) is 0.938. The summed E-state index contributed by atoms with van der Waals surface area (Å²) in [6.07, 6.45) is 2.54. The third kappa shape index (κ3) is 4.61. The molecule has 0 aromatic carbocycles. The van der Waals surface area contributed by atoms with E-state index in [0.717, 1.165) is 25.7 Å². The fourth-order valence-corrected chi connectivity index (χ4v) is 3.93.